The Morgan fingerprint density at radius 2 is 1.64 bits per heavy atom. The first-order valence-electron chi connectivity index (χ1n) is 6.64. The summed E-state index contributed by atoms with van der Waals surface area (Å²) in [6.45, 7) is 1.26. The molecule has 0 aliphatic rings. The molecule has 2 rings (SSSR count). The number of nitrogens with zero attached hydrogens (tertiary/aromatic N) is 1. The first kappa shape index (κ1) is 15.3. The van der Waals surface area contributed by atoms with E-state index in [1.165, 1.54) is 6.92 Å². The summed E-state index contributed by atoms with van der Waals surface area (Å²) in [4.78, 5) is 23.1. The van der Waals surface area contributed by atoms with Crippen molar-refractivity contribution in [2.75, 3.05) is 0 Å². The molecule has 1 unspecified atom stereocenters. The summed E-state index contributed by atoms with van der Waals surface area (Å²) in [5, 5.41) is 11.2. The number of amides is 1. The van der Waals surface area contributed by atoms with Crippen molar-refractivity contribution >= 4 is 11.7 Å². The predicted molar refractivity (Wildman–Crippen MR) is 80.5 cm³/mol. The van der Waals surface area contributed by atoms with E-state index in [1.807, 2.05) is 30.3 Å². The molecule has 0 aliphatic carbocycles. The third-order valence-electron chi connectivity index (χ3n) is 2.86. The third-order valence-corrected chi connectivity index (χ3v) is 2.86. The summed E-state index contributed by atoms with van der Waals surface area (Å²) < 4.78 is 5.62. The molecule has 0 heterocycles. The van der Waals surface area contributed by atoms with Gasteiger partial charge >= 0.3 is 0 Å². The van der Waals surface area contributed by atoms with E-state index in [4.69, 9.17) is 10.00 Å². The van der Waals surface area contributed by atoms with Crippen molar-refractivity contribution in [2.24, 2.45) is 0 Å². The van der Waals surface area contributed by atoms with Crippen LogP contribution in [0.1, 0.15) is 17.3 Å². The van der Waals surface area contributed by atoms with Crippen molar-refractivity contribution in [1.82, 2.24) is 5.32 Å². The molecule has 1 amide bonds. The number of nitrogens with one attached hydrogen (secondary N) is 1. The van der Waals surface area contributed by atoms with Gasteiger partial charge in [-0.15, -0.1) is 0 Å². The topological polar surface area (TPSA) is 79.2 Å². The summed E-state index contributed by atoms with van der Waals surface area (Å²) in [5.41, 5.74) is 0.334. The van der Waals surface area contributed by atoms with Crippen LogP contribution in [-0.4, -0.2) is 17.7 Å². The van der Waals surface area contributed by atoms with E-state index >= 15 is 0 Å². The number of benzene rings is 2. The van der Waals surface area contributed by atoms with E-state index in [2.05, 4.69) is 5.32 Å². The van der Waals surface area contributed by atoms with E-state index in [0.717, 1.165) is 0 Å². The predicted octanol–water partition coefficient (Wildman–Crippen LogP) is 2.69. The largest absolute Gasteiger partial charge is 0.457 e. The second-order valence-corrected chi connectivity index (χ2v) is 4.57. The molecule has 22 heavy (non-hydrogen) atoms. The zero-order chi connectivity index (χ0) is 15.9. The minimum absolute atomic E-state index is 0.334. The number of rotatable bonds is 5. The SMILES string of the molecule is CC(=O)NC(C#N)C(=O)c1ccc(Oc2ccccc2)cc1. The summed E-state index contributed by atoms with van der Waals surface area (Å²) in [6, 6.07) is 16.2. The van der Waals surface area contributed by atoms with Crippen LogP contribution >= 0.6 is 0 Å². The van der Waals surface area contributed by atoms with Gasteiger partial charge < -0.3 is 10.1 Å². The second kappa shape index (κ2) is 7.04. The first-order chi connectivity index (χ1) is 10.6. The minimum atomic E-state index is -1.18. The van der Waals surface area contributed by atoms with Gasteiger partial charge in [-0.2, -0.15) is 5.26 Å². The number of carbonyl (C=O) groups is 2. The lowest BCUT2D eigenvalue weighted by atomic mass is 10.1. The molecule has 0 saturated heterocycles. The highest BCUT2D eigenvalue weighted by Gasteiger charge is 2.20. The molecule has 0 aromatic heterocycles. The van der Waals surface area contributed by atoms with E-state index in [0.29, 0.717) is 17.1 Å². The molecular weight excluding hydrogens is 280 g/mol. The van der Waals surface area contributed by atoms with Gasteiger partial charge in [0.15, 0.2) is 11.8 Å². The number of ketones is 1. The number of hydrogen-bond donors (Lipinski definition) is 1. The summed E-state index contributed by atoms with van der Waals surface area (Å²) in [5.74, 6) is 0.387. The number of hydrogen-bond acceptors (Lipinski definition) is 4. The molecule has 2 aromatic rings. The van der Waals surface area contributed by atoms with E-state index in [-0.39, 0.29) is 0 Å². The fraction of sp³-hybridized carbons (Fsp3) is 0.118. The molecule has 0 radical (unpaired) electrons. The minimum Gasteiger partial charge on any atom is -0.457 e. The van der Waals surface area contributed by atoms with E-state index in [1.54, 1.807) is 30.3 Å². The normalized spacial score (nSPS) is 11.1. The average Bonchev–Trinajstić information content (AvgIpc) is 2.53. The fourth-order valence-corrected chi connectivity index (χ4v) is 1.84. The van der Waals surface area contributed by atoms with Gasteiger partial charge in [0.05, 0.1) is 6.07 Å². The van der Waals surface area contributed by atoms with Crippen LogP contribution in [0.2, 0.25) is 0 Å². The highest BCUT2D eigenvalue weighted by molar-refractivity contribution is 6.03. The van der Waals surface area contributed by atoms with Crippen molar-refractivity contribution < 1.29 is 14.3 Å². The van der Waals surface area contributed by atoms with Gasteiger partial charge in [-0.25, -0.2) is 0 Å². The maximum absolute atomic E-state index is 12.1. The number of Topliss-reactive ketones (excluding diaryl/α,β-unsaturated/α-hetero) is 1. The third kappa shape index (κ3) is 3.93. The summed E-state index contributed by atoms with van der Waals surface area (Å²) in [7, 11) is 0. The lowest BCUT2D eigenvalue weighted by molar-refractivity contribution is -0.119. The number of nitriles is 1. The molecule has 0 aliphatic heterocycles. The van der Waals surface area contributed by atoms with Crippen molar-refractivity contribution in [3.63, 3.8) is 0 Å². The molecule has 0 saturated carbocycles. The Balaban J connectivity index is 2.10. The molecule has 0 bridgehead atoms. The lowest BCUT2D eigenvalue weighted by Crippen LogP contribution is -2.38. The Kier molecular flexibility index (Phi) is 4.89. The van der Waals surface area contributed by atoms with Crippen LogP contribution in [0.3, 0.4) is 0 Å². The molecular formula is C17H14N2O3. The number of ether oxygens (including phenoxy) is 1. The Bertz CT molecular complexity index is 703. The van der Waals surface area contributed by atoms with Gasteiger partial charge in [-0.05, 0) is 36.4 Å². The highest BCUT2D eigenvalue weighted by atomic mass is 16.5. The molecule has 1 atom stereocenters. The molecule has 1 N–H and O–H groups in total. The monoisotopic (exact) mass is 294 g/mol. The van der Waals surface area contributed by atoms with Crippen LogP contribution in [0.5, 0.6) is 11.5 Å². The average molecular weight is 294 g/mol. The molecule has 5 nitrogen and oxygen atoms in total. The van der Waals surface area contributed by atoms with E-state index < -0.39 is 17.7 Å². The summed E-state index contributed by atoms with van der Waals surface area (Å²) in [6.07, 6.45) is 0. The van der Waals surface area contributed by atoms with Crippen molar-refractivity contribution in [2.45, 2.75) is 13.0 Å². The molecule has 5 heteroatoms. The smallest absolute Gasteiger partial charge is 0.218 e. The van der Waals surface area contributed by atoms with Gasteiger partial charge in [-0.1, -0.05) is 18.2 Å². The van der Waals surface area contributed by atoms with Crippen molar-refractivity contribution in [3.05, 3.63) is 60.2 Å². The van der Waals surface area contributed by atoms with Gasteiger partial charge in [0.2, 0.25) is 5.91 Å². The summed E-state index contributed by atoms with van der Waals surface area (Å²) >= 11 is 0. The van der Waals surface area contributed by atoms with Crippen LogP contribution in [0.15, 0.2) is 54.6 Å². The standard InChI is InChI=1S/C17H14N2O3/c1-12(20)19-16(11-18)17(21)13-7-9-15(10-8-13)22-14-5-3-2-4-6-14/h2-10,16H,1H3,(H,19,20). The molecule has 110 valence electrons. The molecule has 2 aromatic carbocycles. The quantitative estimate of drug-likeness (QED) is 0.860. The number of carbonyl (C=O) groups excluding carboxylic acids is 2. The van der Waals surface area contributed by atoms with Crippen molar-refractivity contribution in [3.8, 4) is 17.6 Å². The van der Waals surface area contributed by atoms with Gasteiger partial charge in [0.1, 0.15) is 11.5 Å². The first-order valence-corrected chi connectivity index (χ1v) is 6.64. The van der Waals surface area contributed by atoms with Crippen molar-refractivity contribution in [1.29, 1.82) is 5.26 Å². The zero-order valence-corrected chi connectivity index (χ0v) is 11.9. The van der Waals surface area contributed by atoms with Crippen LogP contribution in [0, 0.1) is 11.3 Å². The molecule has 0 spiro atoms. The highest BCUT2D eigenvalue weighted by Crippen LogP contribution is 2.21. The maximum Gasteiger partial charge on any atom is 0.218 e. The molecule has 0 fully saturated rings. The second-order valence-electron chi connectivity index (χ2n) is 4.57. The van der Waals surface area contributed by atoms with Crippen LogP contribution in [0.4, 0.5) is 0 Å². The Morgan fingerprint density at radius 1 is 1.05 bits per heavy atom. The van der Waals surface area contributed by atoms with Crippen LogP contribution in [0.25, 0.3) is 0 Å². The van der Waals surface area contributed by atoms with E-state index in [9.17, 15) is 9.59 Å². The Labute approximate surface area is 128 Å². The van der Waals surface area contributed by atoms with Gasteiger partial charge in [0, 0.05) is 12.5 Å². The zero-order valence-electron chi connectivity index (χ0n) is 11.9. The fourth-order valence-electron chi connectivity index (χ4n) is 1.84. The van der Waals surface area contributed by atoms with Gasteiger partial charge in [-0.3, -0.25) is 9.59 Å². The lowest BCUT2D eigenvalue weighted by Gasteiger charge is -2.10. The van der Waals surface area contributed by atoms with Crippen LogP contribution in [-0.2, 0) is 4.79 Å². The van der Waals surface area contributed by atoms with Gasteiger partial charge in [0.25, 0.3) is 0 Å². The van der Waals surface area contributed by atoms with Crippen LogP contribution < -0.4 is 10.1 Å². The Hall–Kier alpha value is -3.13. The maximum atomic E-state index is 12.1. The number of para-hydroxylation sites is 1. The Morgan fingerprint density at radius 3 is 2.18 bits per heavy atom.